The van der Waals surface area contributed by atoms with Crippen molar-refractivity contribution in [3.63, 3.8) is 0 Å². The first kappa shape index (κ1) is 23.6. The van der Waals surface area contributed by atoms with Crippen LogP contribution in [0.1, 0.15) is 29.5 Å². The number of rotatable bonds is 1. The summed E-state index contributed by atoms with van der Waals surface area (Å²) in [5.74, 6) is -3.81. The van der Waals surface area contributed by atoms with E-state index in [9.17, 15) is 8.78 Å². The molecule has 2 nitrogen and oxygen atoms in total. The monoisotopic (exact) mass is 518 g/mol. The Kier molecular flexibility index (Phi) is 5.48. The Bertz CT molecular complexity index is 1780. The first-order valence-electron chi connectivity index (χ1n) is 13.1. The molecule has 2 atom stereocenters. The average Bonchev–Trinajstić information content (AvgIpc) is 3.03. The zero-order chi connectivity index (χ0) is 26.7. The quantitative estimate of drug-likeness (QED) is 0.161. The molecular formula is C34H25F3N2+2. The minimum absolute atomic E-state index is 0.00937. The van der Waals surface area contributed by atoms with Gasteiger partial charge in [0, 0.05) is 29.8 Å². The molecule has 7 rings (SSSR count). The van der Waals surface area contributed by atoms with E-state index in [4.69, 9.17) is 0 Å². The van der Waals surface area contributed by atoms with Gasteiger partial charge < -0.3 is 0 Å². The molecule has 0 saturated carbocycles. The molecule has 39 heavy (non-hydrogen) atoms. The molecule has 190 valence electrons. The lowest BCUT2D eigenvalue weighted by atomic mass is 9.78. The highest BCUT2D eigenvalue weighted by atomic mass is 19.2. The minimum Gasteiger partial charge on any atom is -0.204 e. The van der Waals surface area contributed by atoms with Crippen LogP contribution in [0.5, 0.6) is 0 Å². The van der Waals surface area contributed by atoms with Crippen LogP contribution < -0.4 is 9.13 Å². The summed E-state index contributed by atoms with van der Waals surface area (Å²) < 4.78 is 49.2. The van der Waals surface area contributed by atoms with Gasteiger partial charge in [-0.1, -0.05) is 48.5 Å². The topological polar surface area (TPSA) is 7.76 Å². The highest BCUT2D eigenvalue weighted by molar-refractivity contribution is 5.72. The summed E-state index contributed by atoms with van der Waals surface area (Å²) in [7, 11) is 0. The van der Waals surface area contributed by atoms with Crippen molar-refractivity contribution >= 4 is 5.70 Å². The zero-order valence-electron chi connectivity index (χ0n) is 21.1. The maximum atomic E-state index is 15.7. The lowest BCUT2D eigenvalue weighted by Crippen LogP contribution is -2.53. The van der Waals surface area contributed by atoms with Crippen LogP contribution in [0.4, 0.5) is 13.2 Å². The van der Waals surface area contributed by atoms with Gasteiger partial charge in [0.05, 0.1) is 11.5 Å². The van der Waals surface area contributed by atoms with Crippen molar-refractivity contribution in [3.8, 4) is 33.6 Å². The molecular weight excluding hydrogens is 493 g/mol. The summed E-state index contributed by atoms with van der Waals surface area (Å²) in [6, 6.07) is 28.9. The largest absolute Gasteiger partial charge is 0.249 e. The number of benzene rings is 3. The SMILES string of the molecule is C=C1C2C(CCc3cc(F)c(F)c(F)c3-c3cc(-c4ccccc4)cc[n+]31)c1ccccc1-c1cccc[n+]12. The van der Waals surface area contributed by atoms with E-state index in [1.807, 2.05) is 77.5 Å². The van der Waals surface area contributed by atoms with E-state index >= 15 is 4.39 Å². The van der Waals surface area contributed by atoms with Gasteiger partial charge in [0.25, 0.3) is 0 Å². The summed E-state index contributed by atoms with van der Waals surface area (Å²) in [6.45, 7) is 4.55. The van der Waals surface area contributed by atoms with Crippen molar-refractivity contribution in [1.29, 1.82) is 0 Å². The molecule has 2 aromatic heterocycles. The molecule has 3 aromatic carbocycles. The Hall–Kier alpha value is -4.51. The fourth-order valence-electron chi connectivity index (χ4n) is 6.38. The molecule has 0 radical (unpaired) electrons. The number of allylic oxidation sites excluding steroid dienone is 1. The van der Waals surface area contributed by atoms with Crippen molar-refractivity contribution in [1.82, 2.24) is 0 Å². The summed E-state index contributed by atoms with van der Waals surface area (Å²) in [5.41, 5.74) is 6.88. The molecule has 5 aromatic rings. The highest BCUT2D eigenvalue weighted by Crippen LogP contribution is 2.45. The van der Waals surface area contributed by atoms with E-state index in [1.54, 1.807) is 0 Å². The van der Waals surface area contributed by atoms with Gasteiger partial charge in [-0.25, -0.2) is 13.2 Å². The third-order valence-electron chi connectivity index (χ3n) is 8.14. The molecule has 4 heterocycles. The van der Waals surface area contributed by atoms with Crippen molar-refractivity contribution < 1.29 is 22.3 Å². The first-order chi connectivity index (χ1) is 19.0. The van der Waals surface area contributed by atoms with Crippen LogP contribution >= 0.6 is 0 Å². The van der Waals surface area contributed by atoms with Crippen LogP contribution in [0.2, 0.25) is 0 Å². The smallest absolute Gasteiger partial charge is 0.204 e. The first-order valence-corrected chi connectivity index (χ1v) is 13.1. The molecule has 0 fully saturated rings. The second-order valence-electron chi connectivity index (χ2n) is 10.2. The van der Waals surface area contributed by atoms with Gasteiger partial charge in [0.1, 0.15) is 0 Å². The van der Waals surface area contributed by atoms with E-state index in [-0.39, 0.29) is 17.5 Å². The maximum absolute atomic E-state index is 15.7. The van der Waals surface area contributed by atoms with Crippen molar-refractivity contribution in [3.05, 3.63) is 139 Å². The normalized spacial score (nSPS) is 17.5. The van der Waals surface area contributed by atoms with Gasteiger partial charge in [0.2, 0.25) is 23.1 Å². The van der Waals surface area contributed by atoms with Crippen LogP contribution in [0.3, 0.4) is 0 Å². The number of pyridine rings is 2. The van der Waals surface area contributed by atoms with Crippen LogP contribution in [-0.4, -0.2) is 0 Å². The standard InChI is InChI=1S/C34H25F3N2/c1-21-34-27(25-11-5-6-12-26(25)29-13-7-8-17-39(29)34)15-14-24-19-28(35)32(36)33(37)31(24)30-20-23(16-18-38(21)30)22-9-3-2-4-10-22/h2-13,16-20,27,34H,1,14-15H2/q+2. The average molecular weight is 519 g/mol. The summed E-state index contributed by atoms with van der Waals surface area (Å²) >= 11 is 0. The van der Waals surface area contributed by atoms with Crippen LogP contribution in [-0.2, 0) is 6.42 Å². The second kappa shape index (κ2) is 9.05. The zero-order valence-corrected chi connectivity index (χ0v) is 21.1. The molecule has 0 aliphatic carbocycles. The fraction of sp³-hybridized carbons (Fsp3) is 0.118. The molecule has 5 heteroatoms. The van der Waals surface area contributed by atoms with Crippen LogP contribution in [0.15, 0.2) is 110 Å². The third kappa shape index (κ3) is 3.64. The van der Waals surface area contributed by atoms with Gasteiger partial charge in [-0.2, -0.15) is 9.13 Å². The maximum Gasteiger partial charge on any atom is 0.249 e. The molecule has 0 spiro atoms. The molecule has 0 saturated heterocycles. The van der Waals surface area contributed by atoms with E-state index in [0.29, 0.717) is 24.1 Å². The van der Waals surface area contributed by atoms with Gasteiger partial charge in [-0.3, -0.25) is 0 Å². The molecule has 2 aliphatic rings. The number of halogens is 3. The predicted molar refractivity (Wildman–Crippen MR) is 145 cm³/mol. The number of aryl methyl sites for hydroxylation is 1. The summed E-state index contributed by atoms with van der Waals surface area (Å²) in [5, 5.41) is 0. The van der Waals surface area contributed by atoms with Crippen LogP contribution in [0, 0.1) is 17.5 Å². The Morgan fingerprint density at radius 2 is 1.49 bits per heavy atom. The van der Waals surface area contributed by atoms with Crippen molar-refractivity contribution in [2.45, 2.75) is 24.8 Å². The number of aromatic nitrogens is 2. The molecule has 0 amide bonds. The lowest BCUT2D eigenvalue weighted by Gasteiger charge is -2.29. The van der Waals surface area contributed by atoms with Crippen molar-refractivity contribution in [2.75, 3.05) is 0 Å². The number of fused-ring (bicyclic) bond motifs is 9. The molecule has 0 N–H and O–H groups in total. The third-order valence-corrected chi connectivity index (χ3v) is 8.14. The van der Waals surface area contributed by atoms with E-state index < -0.39 is 17.5 Å². The van der Waals surface area contributed by atoms with E-state index in [0.717, 1.165) is 34.1 Å². The lowest BCUT2D eigenvalue weighted by molar-refractivity contribution is -0.727. The Balaban J connectivity index is 1.53. The minimum atomic E-state index is -1.46. The molecule has 2 unspecified atom stereocenters. The van der Waals surface area contributed by atoms with Gasteiger partial charge in [-0.05, 0) is 59.9 Å². The second-order valence-corrected chi connectivity index (χ2v) is 10.2. The summed E-state index contributed by atoms with van der Waals surface area (Å²) in [6.07, 6.45) is 4.92. The highest BCUT2D eigenvalue weighted by Gasteiger charge is 2.47. The number of hydrogen-bond donors (Lipinski definition) is 0. The summed E-state index contributed by atoms with van der Waals surface area (Å²) in [4.78, 5) is 0. The number of hydrogen-bond acceptors (Lipinski definition) is 0. The Labute approximate surface area is 225 Å². The van der Waals surface area contributed by atoms with Crippen molar-refractivity contribution in [2.24, 2.45) is 0 Å². The van der Waals surface area contributed by atoms with Gasteiger partial charge in [0.15, 0.2) is 29.8 Å². The molecule has 2 aliphatic heterocycles. The fourth-order valence-corrected chi connectivity index (χ4v) is 6.38. The Morgan fingerprint density at radius 1 is 0.718 bits per heavy atom. The van der Waals surface area contributed by atoms with Gasteiger partial charge >= 0.3 is 0 Å². The number of nitrogens with zero attached hydrogens (tertiary/aromatic N) is 2. The van der Waals surface area contributed by atoms with Gasteiger partial charge in [-0.15, -0.1) is 0 Å². The molecule has 0 bridgehead atoms. The van der Waals surface area contributed by atoms with Crippen LogP contribution in [0.25, 0.3) is 39.3 Å². The Morgan fingerprint density at radius 3 is 2.33 bits per heavy atom. The van der Waals surface area contributed by atoms with E-state index in [2.05, 4.69) is 35.5 Å². The van der Waals surface area contributed by atoms with E-state index in [1.165, 1.54) is 5.56 Å². The predicted octanol–water partition coefficient (Wildman–Crippen LogP) is 7.44.